The Hall–Kier alpha value is -0.790. The number of halogens is 4. The topological polar surface area (TPSA) is 37.3 Å². The molecule has 0 heterocycles. The Morgan fingerprint density at radius 3 is 2.33 bits per heavy atom. The van der Waals surface area contributed by atoms with Gasteiger partial charge in [0.2, 0.25) is 0 Å². The first kappa shape index (κ1) is 12.3. The molecule has 0 saturated carbocycles. The average Bonchev–Trinajstić information content (AvgIpc) is 2.06. The third-order valence-electron chi connectivity index (χ3n) is 1.77. The van der Waals surface area contributed by atoms with Crippen molar-refractivity contribution < 1.29 is 23.1 Å². The number of ketones is 1. The van der Waals surface area contributed by atoms with Crippen LogP contribution in [0.2, 0.25) is 0 Å². The maximum Gasteiger partial charge on any atom is 0.419 e. The van der Waals surface area contributed by atoms with Crippen molar-refractivity contribution in [2.24, 2.45) is 0 Å². The summed E-state index contributed by atoms with van der Waals surface area (Å²) in [4.78, 5) is 11.0. The van der Waals surface area contributed by atoms with E-state index in [9.17, 15) is 18.0 Å². The second kappa shape index (κ2) is 3.99. The van der Waals surface area contributed by atoms with E-state index >= 15 is 0 Å². The maximum atomic E-state index is 12.3. The second-order valence-electron chi connectivity index (χ2n) is 2.90. The van der Waals surface area contributed by atoms with Gasteiger partial charge in [0, 0.05) is 9.13 Å². The zero-order valence-electron chi connectivity index (χ0n) is 7.52. The third kappa shape index (κ3) is 2.61. The molecule has 15 heavy (non-hydrogen) atoms. The van der Waals surface area contributed by atoms with Gasteiger partial charge in [0.05, 0.1) is 5.56 Å². The Balaban J connectivity index is 3.39. The molecule has 0 aliphatic rings. The monoisotopic (exact) mass is 330 g/mol. The lowest BCUT2D eigenvalue weighted by Gasteiger charge is -2.11. The summed E-state index contributed by atoms with van der Waals surface area (Å²) in [6.07, 6.45) is -4.61. The summed E-state index contributed by atoms with van der Waals surface area (Å²) in [7, 11) is 0. The van der Waals surface area contributed by atoms with Crippen molar-refractivity contribution in [2.75, 3.05) is 0 Å². The predicted molar refractivity (Wildman–Crippen MR) is 55.8 cm³/mol. The van der Waals surface area contributed by atoms with E-state index in [0.29, 0.717) is 0 Å². The van der Waals surface area contributed by atoms with Crippen LogP contribution in [0.25, 0.3) is 0 Å². The number of rotatable bonds is 1. The van der Waals surface area contributed by atoms with Gasteiger partial charge < -0.3 is 5.11 Å². The number of alkyl halides is 3. The van der Waals surface area contributed by atoms with Crippen molar-refractivity contribution in [2.45, 2.75) is 13.1 Å². The molecular weight excluding hydrogens is 324 g/mol. The van der Waals surface area contributed by atoms with Crippen LogP contribution in [-0.4, -0.2) is 10.9 Å². The van der Waals surface area contributed by atoms with Crippen molar-refractivity contribution in [3.63, 3.8) is 0 Å². The molecule has 0 aliphatic heterocycles. The van der Waals surface area contributed by atoms with Crippen molar-refractivity contribution in [3.05, 3.63) is 26.8 Å². The number of aromatic hydroxyl groups is 1. The summed E-state index contributed by atoms with van der Waals surface area (Å²) in [6.45, 7) is 1.23. The first-order chi connectivity index (χ1) is 6.73. The van der Waals surface area contributed by atoms with Gasteiger partial charge in [0.25, 0.3) is 0 Å². The Morgan fingerprint density at radius 2 is 1.93 bits per heavy atom. The minimum Gasteiger partial charge on any atom is -0.507 e. The first-order valence-corrected chi connectivity index (χ1v) is 4.92. The van der Waals surface area contributed by atoms with Crippen LogP contribution >= 0.6 is 22.6 Å². The Morgan fingerprint density at radius 1 is 1.40 bits per heavy atom. The lowest BCUT2D eigenvalue weighted by Crippen LogP contribution is -2.07. The molecule has 0 fully saturated rings. The molecule has 0 aliphatic carbocycles. The van der Waals surface area contributed by atoms with Gasteiger partial charge in [-0.25, -0.2) is 0 Å². The number of carbonyl (C=O) groups is 1. The number of Topliss-reactive ketones (excluding diaryl/α,β-unsaturated/α-hetero) is 1. The van der Waals surface area contributed by atoms with Crippen molar-refractivity contribution in [1.82, 2.24) is 0 Å². The minimum atomic E-state index is -4.61. The molecule has 0 spiro atoms. The van der Waals surface area contributed by atoms with Crippen LogP contribution in [0.15, 0.2) is 12.1 Å². The molecule has 0 bridgehead atoms. The van der Waals surface area contributed by atoms with E-state index in [1.54, 1.807) is 22.6 Å². The van der Waals surface area contributed by atoms with Crippen LogP contribution in [0, 0.1) is 3.57 Å². The van der Waals surface area contributed by atoms with Crippen molar-refractivity contribution >= 4 is 28.4 Å². The fourth-order valence-corrected chi connectivity index (χ4v) is 1.91. The summed E-state index contributed by atoms with van der Waals surface area (Å²) in [5.41, 5.74) is -1.04. The van der Waals surface area contributed by atoms with Gasteiger partial charge in [-0.2, -0.15) is 13.2 Å². The van der Waals surface area contributed by atoms with Gasteiger partial charge in [-0.05, 0) is 41.6 Å². The van der Waals surface area contributed by atoms with Gasteiger partial charge in [-0.15, -0.1) is 0 Å². The summed E-state index contributed by atoms with van der Waals surface area (Å²) in [6, 6.07) is 1.60. The third-order valence-corrected chi connectivity index (χ3v) is 2.66. The fraction of sp³-hybridized carbons (Fsp3) is 0.222. The van der Waals surface area contributed by atoms with E-state index in [4.69, 9.17) is 5.11 Å². The van der Waals surface area contributed by atoms with Gasteiger partial charge in [-0.1, -0.05) is 0 Å². The minimum absolute atomic E-state index is 0.0844. The predicted octanol–water partition coefficient (Wildman–Crippen LogP) is 3.22. The Bertz CT molecular complexity index is 413. The molecule has 1 aromatic rings. The molecule has 1 N–H and O–H groups in total. The van der Waals surface area contributed by atoms with Crippen LogP contribution in [0.1, 0.15) is 22.8 Å². The Kier molecular flexibility index (Phi) is 3.27. The van der Waals surface area contributed by atoms with E-state index in [1.165, 1.54) is 6.92 Å². The highest BCUT2D eigenvalue weighted by Gasteiger charge is 2.34. The number of phenols is 1. The zero-order valence-corrected chi connectivity index (χ0v) is 9.68. The number of benzene rings is 1. The molecular formula is C9H6F3IO2. The summed E-state index contributed by atoms with van der Waals surface area (Å²) in [5.74, 6) is -1.31. The second-order valence-corrected chi connectivity index (χ2v) is 4.07. The highest BCUT2D eigenvalue weighted by atomic mass is 127. The molecule has 82 valence electrons. The number of phenolic OH excluding ortho intramolecular Hbond substituents is 1. The van der Waals surface area contributed by atoms with E-state index in [1.807, 2.05) is 0 Å². The molecule has 6 heteroatoms. The Labute approximate surface area is 97.2 Å². The quantitative estimate of drug-likeness (QED) is 0.634. The van der Waals surface area contributed by atoms with Crippen molar-refractivity contribution in [3.8, 4) is 5.75 Å². The van der Waals surface area contributed by atoms with Crippen LogP contribution in [0.5, 0.6) is 5.75 Å². The molecule has 0 amide bonds. The van der Waals surface area contributed by atoms with Gasteiger partial charge in [0.1, 0.15) is 5.75 Å². The van der Waals surface area contributed by atoms with Crippen molar-refractivity contribution in [1.29, 1.82) is 0 Å². The van der Waals surface area contributed by atoms with Gasteiger partial charge in [0.15, 0.2) is 5.78 Å². The fourth-order valence-electron chi connectivity index (χ4n) is 1.06. The molecule has 2 nitrogen and oxygen atoms in total. The molecule has 0 aromatic heterocycles. The lowest BCUT2D eigenvalue weighted by atomic mass is 10.1. The van der Waals surface area contributed by atoms with Crippen LogP contribution in [0.4, 0.5) is 13.2 Å². The van der Waals surface area contributed by atoms with E-state index in [2.05, 4.69) is 0 Å². The lowest BCUT2D eigenvalue weighted by molar-refractivity contribution is -0.138. The zero-order chi connectivity index (χ0) is 11.8. The average molecular weight is 330 g/mol. The van der Waals surface area contributed by atoms with E-state index in [-0.39, 0.29) is 14.9 Å². The summed E-state index contributed by atoms with van der Waals surface area (Å²) < 4.78 is 37.1. The molecule has 1 rings (SSSR count). The molecule has 0 radical (unpaired) electrons. The molecule has 0 saturated heterocycles. The van der Waals surface area contributed by atoms with Crippen LogP contribution in [0.3, 0.4) is 0 Å². The maximum absolute atomic E-state index is 12.3. The standard InChI is InChI=1S/C9H6F3IO2/c1-4(14)5-2-8(15)6(3-7(5)13)9(10,11)12/h2-3,15H,1H3. The smallest absolute Gasteiger partial charge is 0.419 e. The number of hydrogen-bond acceptors (Lipinski definition) is 2. The van der Waals surface area contributed by atoms with E-state index < -0.39 is 17.5 Å². The van der Waals surface area contributed by atoms with E-state index in [0.717, 1.165) is 12.1 Å². The summed E-state index contributed by atoms with van der Waals surface area (Å²) in [5, 5.41) is 9.12. The van der Waals surface area contributed by atoms with Gasteiger partial charge >= 0.3 is 6.18 Å². The number of carbonyl (C=O) groups excluding carboxylic acids is 1. The molecule has 0 unspecified atom stereocenters. The highest BCUT2D eigenvalue weighted by Crippen LogP contribution is 2.37. The SMILES string of the molecule is CC(=O)c1cc(O)c(C(F)(F)F)cc1I. The van der Waals surface area contributed by atoms with Crippen LogP contribution in [-0.2, 0) is 6.18 Å². The first-order valence-electron chi connectivity index (χ1n) is 3.84. The highest BCUT2D eigenvalue weighted by molar-refractivity contribution is 14.1. The normalized spacial score (nSPS) is 11.5. The molecule has 1 aromatic carbocycles. The largest absolute Gasteiger partial charge is 0.507 e. The number of hydrogen-bond donors (Lipinski definition) is 1. The van der Waals surface area contributed by atoms with Gasteiger partial charge in [-0.3, -0.25) is 4.79 Å². The summed E-state index contributed by atoms with van der Waals surface area (Å²) >= 11 is 1.63. The van der Waals surface area contributed by atoms with Crippen LogP contribution < -0.4 is 0 Å². The molecule has 0 atom stereocenters.